The molecule has 0 aliphatic heterocycles. The van der Waals surface area contributed by atoms with Crippen molar-refractivity contribution < 1.29 is 0 Å². The van der Waals surface area contributed by atoms with Crippen molar-refractivity contribution in [2.45, 2.75) is 0 Å². The van der Waals surface area contributed by atoms with Crippen molar-refractivity contribution in [3.05, 3.63) is 29.9 Å². The van der Waals surface area contributed by atoms with Gasteiger partial charge in [-0.3, -0.25) is 4.98 Å². The van der Waals surface area contributed by atoms with Crippen LogP contribution in [0.15, 0.2) is 35.0 Å². The monoisotopic (exact) mass is 190 g/mol. The van der Waals surface area contributed by atoms with E-state index in [9.17, 15) is 0 Å². The van der Waals surface area contributed by atoms with Crippen LogP contribution in [0.3, 0.4) is 0 Å². The van der Waals surface area contributed by atoms with Crippen LogP contribution in [0.4, 0.5) is 5.82 Å². The van der Waals surface area contributed by atoms with Crippen molar-refractivity contribution >= 4 is 17.4 Å². The van der Waals surface area contributed by atoms with Gasteiger partial charge in [0.2, 0.25) is 0 Å². The molecule has 13 heavy (non-hydrogen) atoms. The van der Waals surface area contributed by atoms with E-state index < -0.39 is 0 Å². The average Bonchev–Trinajstić information content (AvgIpc) is 2.67. The van der Waals surface area contributed by atoms with E-state index in [-0.39, 0.29) is 0 Å². The number of hydrogen-bond donors (Lipinski definition) is 1. The van der Waals surface area contributed by atoms with Gasteiger partial charge in [0, 0.05) is 28.9 Å². The Morgan fingerprint density at radius 1 is 1.46 bits per heavy atom. The highest BCUT2D eigenvalue weighted by atomic mass is 32.1. The van der Waals surface area contributed by atoms with E-state index in [0.717, 1.165) is 11.1 Å². The number of nitrogens with zero attached hydrogens (tertiary/aromatic N) is 3. The summed E-state index contributed by atoms with van der Waals surface area (Å²) in [5.41, 5.74) is 8.71. The maximum Gasteiger partial charge on any atom is 0.194 e. The van der Waals surface area contributed by atoms with Crippen molar-refractivity contribution in [1.29, 1.82) is 5.53 Å². The van der Waals surface area contributed by atoms with Crippen LogP contribution in [-0.2, 0) is 0 Å². The Morgan fingerprint density at radius 2 is 2.38 bits per heavy atom. The Balaban J connectivity index is 2.52. The third-order valence-electron chi connectivity index (χ3n) is 1.63. The zero-order chi connectivity index (χ0) is 9.10. The topological polar surface area (TPSA) is 62.0 Å². The lowest BCUT2D eigenvalue weighted by Crippen LogP contribution is -1.75. The third-order valence-corrected chi connectivity index (χ3v) is 2.25. The van der Waals surface area contributed by atoms with Crippen LogP contribution in [0.2, 0.25) is 0 Å². The highest BCUT2D eigenvalue weighted by molar-refractivity contribution is 7.04. The molecule has 2 aromatic heterocycles. The molecule has 0 saturated heterocycles. The fourth-order valence-corrected chi connectivity index (χ4v) is 1.67. The predicted molar refractivity (Wildman–Crippen MR) is 50.2 cm³/mol. The fraction of sp³-hybridized carbons (Fsp3) is 0. The largest absolute Gasteiger partial charge is 0.264 e. The Morgan fingerprint density at radius 3 is 3.08 bits per heavy atom. The molecule has 0 amide bonds. The molecule has 0 aliphatic rings. The fourth-order valence-electron chi connectivity index (χ4n) is 1.03. The minimum atomic E-state index is 0.456. The maximum atomic E-state index is 6.90. The first-order chi connectivity index (χ1) is 6.42. The molecule has 0 aromatic carbocycles. The van der Waals surface area contributed by atoms with Gasteiger partial charge >= 0.3 is 0 Å². The second-order valence-electron chi connectivity index (χ2n) is 2.41. The van der Waals surface area contributed by atoms with E-state index in [1.807, 2.05) is 17.5 Å². The molecule has 0 unspecified atom stereocenters. The minimum absolute atomic E-state index is 0.456. The summed E-state index contributed by atoms with van der Waals surface area (Å²) in [7, 11) is 0. The van der Waals surface area contributed by atoms with Crippen molar-refractivity contribution in [3.8, 4) is 11.1 Å². The molecule has 0 fully saturated rings. The lowest BCUT2D eigenvalue weighted by molar-refractivity contribution is 1.12. The van der Waals surface area contributed by atoms with Gasteiger partial charge in [0.25, 0.3) is 0 Å². The molecular weight excluding hydrogens is 184 g/mol. The number of hydrogen-bond acceptors (Lipinski definition) is 5. The van der Waals surface area contributed by atoms with Crippen LogP contribution in [0.25, 0.3) is 11.1 Å². The summed E-state index contributed by atoms with van der Waals surface area (Å²) in [5.74, 6) is 0.456. The summed E-state index contributed by atoms with van der Waals surface area (Å²) in [4.78, 5) is 3.99. The van der Waals surface area contributed by atoms with E-state index in [1.165, 1.54) is 11.5 Å². The molecule has 2 heterocycles. The van der Waals surface area contributed by atoms with Gasteiger partial charge < -0.3 is 0 Å². The standard InChI is InChI=1S/C8H6N4S/c9-11-8-7(5-13-12-8)6-2-1-3-10-4-6/h1-5,9H. The second kappa shape index (κ2) is 3.40. The highest BCUT2D eigenvalue weighted by Gasteiger charge is 2.06. The highest BCUT2D eigenvalue weighted by Crippen LogP contribution is 2.29. The molecule has 0 bridgehead atoms. The molecule has 0 aliphatic carbocycles. The smallest absolute Gasteiger partial charge is 0.194 e. The number of pyridine rings is 1. The molecule has 0 atom stereocenters. The Kier molecular flexibility index (Phi) is 2.09. The van der Waals surface area contributed by atoms with Crippen LogP contribution in [0.5, 0.6) is 0 Å². The first-order valence-corrected chi connectivity index (χ1v) is 4.47. The summed E-state index contributed by atoms with van der Waals surface area (Å²) in [6, 6.07) is 3.77. The van der Waals surface area contributed by atoms with E-state index in [2.05, 4.69) is 14.5 Å². The molecule has 5 heteroatoms. The zero-order valence-electron chi connectivity index (χ0n) is 6.64. The zero-order valence-corrected chi connectivity index (χ0v) is 7.45. The molecule has 0 radical (unpaired) electrons. The Labute approximate surface area is 78.9 Å². The van der Waals surface area contributed by atoms with Gasteiger partial charge in [0.1, 0.15) is 0 Å². The molecule has 64 valence electrons. The molecule has 0 saturated carbocycles. The van der Waals surface area contributed by atoms with Crippen LogP contribution in [0, 0.1) is 5.53 Å². The van der Waals surface area contributed by atoms with Crippen LogP contribution >= 0.6 is 11.5 Å². The van der Waals surface area contributed by atoms with E-state index in [4.69, 9.17) is 5.53 Å². The first kappa shape index (κ1) is 8.00. The second-order valence-corrected chi connectivity index (χ2v) is 3.03. The molecule has 2 aromatic rings. The van der Waals surface area contributed by atoms with Gasteiger partial charge in [-0.25, -0.2) is 5.53 Å². The van der Waals surface area contributed by atoms with E-state index in [1.54, 1.807) is 12.4 Å². The van der Waals surface area contributed by atoms with Gasteiger partial charge in [-0.2, -0.15) is 4.37 Å². The summed E-state index contributed by atoms with van der Waals surface area (Å²) in [6.07, 6.45) is 3.44. The average molecular weight is 190 g/mol. The summed E-state index contributed by atoms with van der Waals surface area (Å²) < 4.78 is 3.97. The number of aromatic nitrogens is 2. The van der Waals surface area contributed by atoms with Crippen LogP contribution < -0.4 is 0 Å². The summed E-state index contributed by atoms with van der Waals surface area (Å²) >= 11 is 1.29. The SMILES string of the molecule is N=Nc1nscc1-c1cccnc1. The molecule has 4 nitrogen and oxygen atoms in total. The maximum absolute atomic E-state index is 6.90. The van der Waals surface area contributed by atoms with E-state index >= 15 is 0 Å². The third kappa shape index (κ3) is 1.46. The lowest BCUT2D eigenvalue weighted by atomic mass is 10.1. The molecule has 1 N–H and O–H groups in total. The molecular formula is C8H6N4S. The van der Waals surface area contributed by atoms with Gasteiger partial charge in [-0.05, 0) is 17.6 Å². The predicted octanol–water partition coefficient (Wildman–Crippen LogP) is 2.87. The number of rotatable bonds is 2. The normalized spacial score (nSPS) is 9.85. The van der Waals surface area contributed by atoms with Crippen LogP contribution in [0.1, 0.15) is 0 Å². The minimum Gasteiger partial charge on any atom is -0.264 e. The van der Waals surface area contributed by atoms with Crippen molar-refractivity contribution in [2.24, 2.45) is 5.11 Å². The van der Waals surface area contributed by atoms with Gasteiger partial charge in [0.15, 0.2) is 5.82 Å². The quantitative estimate of drug-likeness (QED) is 0.740. The Bertz CT molecular complexity index is 409. The van der Waals surface area contributed by atoms with Gasteiger partial charge in [-0.1, -0.05) is 6.07 Å². The van der Waals surface area contributed by atoms with Crippen LogP contribution in [-0.4, -0.2) is 9.36 Å². The van der Waals surface area contributed by atoms with Gasteiger partial charge in [-0.15, -0.1) is 5.11 Å². The Hall–Kier alpha value is -1.62. The van der Waals surface area contributed by atoms with Gasteiger partial charge in [0.05, 0.1) is 0 Å². The molecule has 2 rings (SSSR count). The van der Waals surface area contributed by atoms with Crippen molar-refractivity contribution in [2.75, 3.05) is 0 Å². The summed E-state index contributed by atoms with van der Waals surface area (Å²) in [6.45, 7) is 0. The first-order valence-electron chi connectivity index (χ1n) is 3.64. The molecule has 0 spiro atoms. The number of nitrogens with one attached hydrogen (secondary N) is 1. The summed E-state index contributed by atoms with van der Waals surface area (Å²) in [5, 5.41) is 5.19. The lowest BCUT2D eigenvalue weighted by Gasteiger charge is -1.95. The van der Waals surface area contributed by atoms with E-state index in [0.29, 0.717) is 5.82 Å². The van der Waals surface area contributed by atoms with Crippen molar-refractivity contribution in [1.82, 2.24) is 9.36 Å². The van der Waals surface area contributed by atoms with Crippen molar-refractivity contribution in [3.63, 3.8) is 0 Å².